The molecule has 1 aliphatic rings. The van der Waals surface area contributed by atoms with Crippen molar-refractivity contribution in [3.8, 4) is 0 Å². The average molecular weight is 211 g/mol. The van der Waals surface area contributed by atoms with Crippen molar-refractivity contribution >= 4 is 5.78 Å². The van der Waals surface area contributed by atoms with E-state index in [2.05, 4.69) is 39.6 Å². The van der Waals surface area contributed by atoms with Gasteiger partial charge in [-0.25, -0.2) is 0 Å². The molecule has 0 spiro atoms. The number of nitrogens with zero attached hydrogens (tertiary/aromatic N) is 1. The molecule has 1 aliphatic carbocycles. The molecule has 0 aliphatic heterocycles. The first-order chi connectivity index (χ1) is 6.93. The monoisotopic (exact) mass is 211 g/mol. The molecule has 15 heavy (non-hydrogen) atoms. The van der Waals surface area contributed by atoms with Crippen LogP contribution in [0.3, 0.4) is 0 Å². The van der Waals surface area contributed by atoms with Gasteiger partial charge in [0, 0.05) is 24.9 Å². The lowest BCUT2D eigenvalue weighted by molar-refractivity contribution is -0.124. The average Bonchev–Trinajstić information content (AvgIpc) is 2.15. The summed E-state index contributed by atoms with van der Waals surface area (Å²) >= 11 is 0. The summed E-state index contributed by atoms with van der Waals surface area (Å²) in [5, 5.41) is 0. The van der Waals surface area contributed by atoms with Gasteiger partial charge in [0.25, 0.3) is 0 Å². The molecule has 0 bridgehead atoms. The van der Waals surface area contributed by atoms with Gasteiger partial charge in [0.15, 0.2) is 0 Å². The highest BCUT2D eigenvalue weighted by Gasteiger charge is 2.34. The molecule has 0 N–H and O–H groups in total. The van der Waals surface area contributed by atoms with Crippen LogP contribution in [0.4, 0.5) is 0 Å². The van der Waals surface area contributed by atoms with Crippen LogP contribution in [-0.2, 0) is 4.79 Å². The topological polar surface area (TPSA) is 20.3 Å². The predicted molar refractivity (Wildman–Crippen MR) is 63.9 cm³/mol. The van der Waals surface area contributed by atoms with E-state index in [4.69, 9.17) is 0 Å². The minimum absolute atomic E-state index is 0.449. The SMILES string of the molecule is CC(C)C1CCC(=O)CC1N(C)C(C)C. The molecule has 2 heteroatoms. The lowest BCUT2D eigenvalue weighted by Gasteiger charge is -2.41. The summed E-state index contributed by atoms with van der Waals surface area (Å²) in [6, 6.07) is 0.994. The minimum atomic E-state index is 0.449. The molecule has 0 saturated heterocycles. The molecule has 88 valence electrons. The first kappa shape index (κ1) is 12.7. The Morgan fingerprint density at radius 1 is 1.27 bits per heavy atom. The van der Waals surface area contributed by atoms with Gasteiger partial charge < -0.3 is 4.90 Å². The third kappa shape index (κ3) is 3.04. The molecule has 1 fully saturated rings. The van der Waals surface area contributed by atoms with Gasteiger partial charge in [-0.2, -0.15) is 0 Å². The molecule has 2 unspecified atom stereocenters. The Hall–Kier alpha value is -0.370. The van der Waals surface area contributed by atoms with Crippen molar-refractivity contribution in [2.45, 2.75) is 59.0 Å². The fourth-order valence-corrected chi connectivity index (χ4v) is 2.61. The summed E-state index contributed by atoms with van der Waals surface area (Å²) < 4.78 is 0. The number of carbonyl (C=O) groups excluding carboxylic acids is 1. The predicted octanol–water partition coefficient (Wildman–Crippen LogP) is 2.72. The standard InChI is InChI=1S/C13H25NO/c1-9(2)12-7-6-11(15)8-13(12)14(5)10(3)4/h9-10,12-13H,6-8H2,1-5H3. The molecule has 0 radical (unpaired) electrons. The normalized spacial score (nSPS) is 28.1. The first-order valence-corrected chi connectivity index (χ1v) is 6.17. The second-order valence-corrected chi connectivity index (χ2v) is 5.52. The van der Waals surface area contributed by atoms with Gasteiger partial charge in [-0.05, 0) is 39.2 Å². The Morgan fingerprint density at radius 3 is 2.33 bits per heavy atom. The second kappa shape index (κ2) is 5.11. The Labute approximate surface area is 94.0 Å². The fourth-order valence-electron chi connectivity index (χ4n) is 2.61. The van der Waals surface area contributed by atoms with E-state index in [1.165, 1.54) is 0 Å². The van der Waals surface area contributed by atoms with Crippen LogP contribution < -0.4 is 0 Å². The minimum Gasteiger partial charge on any atom is -0.300 e. The van der Waals surface area contributed by atoms with Crippen molar-refractivity contribution < 1.29 is 4.79 Å². The van der Waals surface area contributed by atoms with Gasteiger partial charge in [-0.3, -0.25) is 4.79 Å². The van der Waals surface area contributed by atoms with Crippen LogP contribution in [0.15, 0.2) is 0 Å². The van der Waals surface area contributed by atoms with Crippen LogP contribution in [0.1, 0.15) is 47.0 Å². The van der Waals surface area contributed by atoms with Crippen LogP contribution in [0.5, 0.6) is 0 Å². The Bertz CT molecular complexity index is 223. The zero-order valence-corrected chi connectivity index (χ0v) is 10.8. The summed E-state index contributed by atoms with van der Waals surface area (Å²) in [5.41, 5.74) is 0. The number of ketones is 1. The first-order valence-electron chi connectivity index (χ1n) is 6.17. The lowest BCUT2D eigenvalue weighted by Crippen LogP contribution is -2.47. The van der Waals surface area contributed by atoms with Crippen molar-refractivity contribution in [1.82, 2.24) is 4.90 Å². The van der Waals surface area contributed by atoms with Crippen molar-refractivity contribution in [1.29, 1.82) is 0 Å². The highest BCUT2D eigenvalue weighted by atomic mass is 16.1. The van der Waals surface area contributed by atoms with E-state index >= 15 is 0 Å². The third-order valence-electron chi connectivity index (χ3n) is 3.88. The lowest BCUT2D eigenvalue weighted by atomic mass is 9.76. The maximum absolute atomic E-state index is 11.5. The third-order valence-corrected chi connectivity index (χ3v) is 3.88. The second-order valence-electron chi connectivity index (χ2n) is 5.52. The van der Waals surface area contributed by atoms with Crippen LogP contribution in [0.25, 0.3) is 0 Å². The van der Waals surface area contributed by atoms with Crippen LogP contribution in [0, 0.1) is 11.8 Å². The van der Waals surface area contributed by atoms with Crippen molar-refractivity contribution in [2.75, 3.05) is 7.05 Å². The van der Waals surface area contributed by atoms with Crippen molar-refractivity contribution in [3.63, 3.8) is 0 Å². The Balaban J connectivity index is 2.74. The number of Topliss-reactive ketones (excluding diaryl/α,β-unsaturated/α-hetero) is 1. The number of carbonyl (C=O) groups is 1. The number of hydrogen-bond acceptors (Lipinski definition) is 2. The van der Waals surface area contributed by atoms with E-state index < -0.39 is 0 Å². The van der Waals surface area contributed by atoms with Crippen LogP contribution >= 0.6 is 0 Å². The maximum atomic E-state index is 11.5. The zero-order valence-electron chi connectivity index (χ0n) is 10.8. The summed E-state index contributed by atoms with van der Waals surface area (Å²) in [5.74, 6) is 1.82. The van der Waals surface area contributed by atoms with Gasteiger partial charge in [0.2, 0.25) is 0 Å². The summed E-state index contributed by atoms with van der Waals surface area (Å²) in [6.45, 7) is 8.97. The number of rotatable bonds is 3. The van der Waals surface area contributed by atoms with Gasteiger partial charge >= 0.3 is 0 Å². The smallest absolute Gasteiger partial charge is 0.134 e. The molecule has 0 amide bonds. The van der Waals surface area contributed by atoms with Gasteiger partial charge in [0.1, 0.15) is 5.78 Å². The van der Waals surface area contributed by atoms with Crippen LogP contribution in [-0.4, -0.2) is 29.8 Å². The molecule has 2 nitrogen and oxygen atoms in total. The fraction of sp³-hybridized carbons (Fsp3) is 0.923. The van der Waals surface area contributed by atoms with Gasteiger partial charge in [-0.15, -0.1) is 0 Å². The quantitative estimate of drug-likeness (QED) is 0.715. The molecule has 0 aromatic rings. The highest BCUT2D eigenvalue weighted by Crippen LogP contribution is 2.32. The van der Waals surface area contributed by atoms with E-state index in [0.717, 1.165) is 19.3 Å². The van der Waals surface area contributed by atoms with E-state index in [1.54, 1.807) is 0 Å². The van der Waals surface area contributed by atoms with Gasteiger partial charge in [0.05, 0.1) is 0 Å². The largest absolute Gasteiger partial charge is 0.300 e. The maximum Gasteiger partial charge on any atom is 0.134 e. The summed E-state index contributed by atoms with van der Waals surface area (Å²) in [7, 11) is 2.16. The molecule has 0 heterocycles. The molecular weight excluding hydrogens is 186 g/mol. The number of hydrogen-bond donors (Lipinski definition) is 0. The zero-order chi connectivity index (χ0) is 11.6. The van der Waals surface area contributed by atoms with E-state index in [9.17, 15) is 4.79 Å². The highest BCUT2D eigenvalue weighted by molar-refractivity contribution is 5.79. The molecular formula is C13H25NO. The van der Waals surface area contributed by atoms with E-state index in [0.29, 0.717) is 29.7 Å². The Kier molecular flexibility index (Phi) is 4.32. The summed E-state index contributed by atoms with van der Waals surface area (Å²) in [4.78, 5) is 13.9. The van der Waals surface area contributed by atoms with E-state index in [-0.39, 0.29) is 0 Å². The molecule has 1 rings (SSSR count). The van der Waals surface area contributed by atoms with Gasteiger partial charge in [-0.1, -0.05) is 13.8 Å². The van der Waals surface area contributed by atoms with Crippen molar-refractivity contribution in [2.24, 2.45) is 11.8 Å². The molecule has 0 aromatic heterocycles. The molecule has 0 aromatic carbocycles. The molecule has 2 atom stereocenters. The van der Waals surface area contributed by atoms with Crippen LogP contribution in [0.2, 0.25) is 0 Å². The Morgan fingerprint density at radius 2 is 1.87 bits per heavy atom. The van der Waals surface area contributed by atoms with E-state index in [1.807, 2.05) is 0 Å². The summed E-state index contributed by atoms with van der Waals surface area (Å²) in [6.07, 6.45) is 2.64. The molecule has 1 saturated carbocycles. The van der Waals surface area contributed by atoms with Crippen molar-refractivity contribution in [3.05, 3.63) is 0 Å².